The quantitative estimate of drug-likeness (QED) is 0.817. The standard InChI is InChI=1S/C12H24F2N2O2S/c1-3-10-5-7-12(9-15,8-6-10)16(4-2)19(17,18)11(13)14/h10-11H,3-9,15H2,1-2H3. The summed E-state index contributed by atoms with van der Waals surface area (Å²) in [4.78, 5) is 0. The average molecular weight is 298 g/mol. The van der Waals surface area contributed by atoms with Gasteiger partial charge in [0.05, 0.1) is 0 Å². The molecule has 0 aliphatic heterocycles. The van der Waals surface area contributed by atoms with Crippen LogP contribution in [0, 0.1) is 5.92 Å². The minimum absolute atomic E-state index is 0.0423. The van der Waals surface area contributed by atoms with Crippen molar-refractivity contribution < 1.29 is 17.2 Å². The number of halogens is 2. The van der Waals surface area contributed by atoms with E-state index in [0.29, 0.717) is 18.8 Å². The van der Waals surface area contributed by atoms with Crippen LogP contribution in [0.5, 0.6) is 0 Å². The van der Waals surface area contributed by atoms with Gasteiger partial charge >= 0.3 is 5.76 Å². The summed E-state index contributed by atoms with van der Waals surface area (Å²) in [6, 6.07) is 0. The van der Waals surface area contributed by atoms with E-state index in [1.54, 1.807) is 6.92 Å². The fourth-order valence-electron chi connectivity index (χ4n) is 3.06. The molecular formula is C12H24F2N2O2S. The van der Waals surface area contributed by atoms with Gasteiger partial charge in [0.25, 0.3) is 10.0 Å². The van der Waals surface area contributed by atoms with Crippen LogP contribution in [0.25, 0.3) is 0 Å². The van der Waals surface area contributed by atoms with E-state index in [2.05, 4.69) is 6.92 Å². The number of alkyl halides is 2. The maximum Gasteiger partial charge on any atom is 0.350 e. The highest BCUT2D eigenvalue weighted by Crippen LogP contribution is 2.39. The van der Waals surface area contributed by atoms with Gasteiger partial charge in [0.1, 0.15) is 0 Å². The highest BCUT2D eigenvalue weighted by Gasteiger charge is 2.46. The van der Waals surface area contributed by atoms with Gasteiger partial charge in [-0.2, -0.15) is 13.1 Å². The summed E-state index contributed by atoms with van der Waals surface area (Å²) in [6.45, 7) is 3.82. The number of sulfonamides is 1. The molecule has 0 bridgehead atoms. The van der Waals surface area contributed by atoms with Gasteiger partial charge < -0.3 is 5.73 Å². The second-order valence-corrected chi connectivity index (χ2v) is 7.08. The summed E-state index contributed by atoms with van der Waals surface area (Å²) >= 11 is 0. The van der Waals surface area contributed by atoms with Crippen LogP contribution in [0.3, 0.4) is 0 Å². The molecule has 4 nitrogen and oxygen atoms in total. The third-order valence-corrected chi connectivity index (χ3v) is 6.05. The molecule has 2 N–H and O–H groups in total. The van der Waals surface area contributed by atoms with Crippen molar-refractivity contribution in [3.63, 3.8) is 0 Å². The summed E-state index contributed by atoms with van der Waals surface area (Å²) in [5.74, 6) is -2.83. The monoisotopic (exact) mass is 298 g/mol. The van der Waals surface area contributed by atoms with E-state index in [-0.39, 0.29) is 13.1 Å². The molecule has 0 aromatic carbocycles. The first kappa shape index (κ1) is 16.8. The van der Waals surface area contributed by atoms with Crippen LogP contribution >= 0.6 is 0 Å². The zero-order chi connectivity index (χ0) is 14.7. The summed E-state index contributed by atoms with van der Waals surface area (Å²) in [7, 11) is -4.56. The molecule has 7 heteroatoms. The number of rotatable bonds is 6. The molecule has 0 atom stereocenters. The summed E-state index contributed by atoms with van der Waals surface area (Å²) in [5, 5.41) is 0. The molecule has 1 saturated carbocycles. The van der Waals surface area contributed by atoms with Crippen LogP contribution in [-0.4, -0.2) is 37.1 Å². The molecule has 0 radical (unpaired) electrons. The lowest BCUT2D eigenvalue weighted by atomic mass is 9.75. The van der Waals surface area contributed by atoms with Crippen LogP contribution in [0.2, 0.25) is 0 Å². The minimum Gasteiger partial charge on any atom is -0.329 e. The Bertz CT molecular complexity index is 379. The van der Waals surface area contributed by atoms with Gasteiger partial charge in [-0.15, -0.1) is 0 Å². The molecule has 0 aromatic rings. The SMILES string of the molecule is CCC1CCC(CN)(N(CC)S(=O)(=O)C(F)F)CC1. The van der Waals surface area contributed by atoms with Crippen molar-refractivity contribution in [2.45, 2.75) is 57.2 Å². The topological polar surface area (TPSA) is 63.4 Å². The second-order valence-electron chi connectivity index (χ2n) is 5.25. The predicted molar refractivity (Wildman–Crippen MR) is 71.3 cm³/mol. The fourth-order valence-corrected chi connectivity index (χ4v) is 4.41. The Labute approximate surface area is 114 Å². The smallest absolute Gasteiger partial charge is 0.329 e. The van der Waals surface area contributed by atoms with E-state index >= 15 is 0 Å². The van der Waals surface area contributed by atoms with E-state index < -0.39 is 21.3 Å². The van der Waals surface area contributed by atoms with Gasteiger partial charge in [0, 0.05) is 18.6 Å². The molecule has 0 saturated heterocycles. The third-order valence-electron chi connectivity index (χ3n) is 4.34. The number of likely N-dealkylation sites (N-methyl/N-ethyl adjacent to an activating group) is 1. The van der Waals surface area contributed by atoms with Crippen molar-refractivity contribution in [1.82, 2.24) is 4.31 Å². The molecule has 0 unspecified atom stereocenters. The number of nitrogens with two attached hydrogens (primary N) is 1. The van der Waals surface area contributed by atoms with Crippen LogP contribution < -0.4 is 5.73 Å². The van der Waals surface area contributed by atoms with E-state index in [4.69, 9.17) is 5.73 Å². The molecule has 19 heavy (non-hydrogen) atoms. The van der Waals surface area contributed by atoms with E-state index in [0.717, 1.165) is 23.6 Å². The van der Waals surface area contributed by atoms with Gasteiger partial charge in [-0.25, -0.2) is 8.42 Å². The number of nitrogens with zero attached hydrogens (tertiary/aromatic N) is 1. The molecule has 114 valence electrons. The Hall–Kier alpha value is -0.270. The van der Waals surface area contributed by atoms with E-state index in [9.17, 15) is 17.2 Å². The van der Waals surface area contributed by atoms with E-state index in [1.807, 2.05) is 0 Å². The van der Waals surface area contributed by atoms with Gasteiger partial charge in [-0.3, -0.25) is 0 Å². The highest BCUT2D eigenvalue weighted by atomic mass is 32.2. The summed E-state index contributed by atoms with van der Waals surface area (Å²) in [5.41, 5.74) is 4.92. The summed E-state index contributed by atoms with van der Waals surface area (Å²) < 4.78 is 50.1. The largest absolute Gasteiger partial charge is 0.350 e. The molecular weight excluding hydrogens is 274 g/mol. The molecule has 0 spiro atoms. The maximum atomic E-state index is 12.8. The van der Waals surface area contributed by atoms with Crippen molar-refractivity contribution in [2.75, 3.05) is 13.1 Å². The van der Waals surface area contributed by atoms with Crippen molar-refractivity contribution in [3.05, 3.63) is 0 Å². The van der Waals surface area contributed by atoms with Crippen molar-refractivity contribution in [1.29, 1.82) is 0 Å². The van der Waals surface area contributed by atoms with Gasteiger partial charge in [0.2, 0.25) is 0 Å². The lowest BCUT2D eigenvalue weighted by molar-refractivity contribution is 0.103. The van der Waals surface area contributed by atoms with Crippen molar-refractivity contribution >= 4 is 10.0 Å². The Balaban J connectivity index is 3.00. The molecule has 0 amide bonds. The van der Waals surface area contributed by atoms with Gasteiger partial charge in [0.15, 0.2) is 0 Å². The van der Waals surface area contributed by atoms with Crippen LogP contribution in [-0.2, 0) is 10.0 Å². The fraction of sp³-hybridized carbons (Fsp3) is 1.00. The molecule has 0 heterocycles. The molecule has 1 rings (SSSR count). The second kappa shape index (κ2) is 6.45. The number of hydrogen-bond donors (Lipinski definition) is 1. The predicted octanol–water partition coefficient (Wildman–Crippen LogP) is 2.16. The van der Waals surface area contributed by atoms with Crippen LogP contribution in [0.4, 0.5) is 8.78 Å². The maximum absolute atomic E-state index is 12.8. The zero-order valence-corrected chi connectivity index (χ0v) is 12.4. The molecule has 1 fully saturated rings. The first-order valence-electron chi connectivity index (χ1n) is 6.84. The lowest BCUT2D eigenvalue weighted by Crippen LogP contribution is -2.58. The first-order valence-corrected chi connectivity index (χ1v) is 8.34. The Morgan fingerprint density at radius 1 is 1.32 bits per heavy atom. The van der Waals surface area contributed by atoms with Crippen LogP contribution in [0.1, 0.15) is 46.0 Å². The van der Waals surface area contributed by atoms with Crippen molar-refractivity contribution in [3.8, 4) is 0 Å². The highest BCUT2D eigenvalue weighted by molar-refractivity contribution is 7.89. The van der Waals surface area contributed by atoms with Gasteiger partial charge in [-0.1, -0.05) is 20.3 Å². The Morgan fingerprint density at radius 3 is 2.16 bits per heavy atom. The Kier molecular flexibility index (Phi) is 5.70. The molecule has 1 aliphatic carbocycles. The van der Waals surface area contributed by atoms with Crippen molar-refractivity contribution in [2.24, 2.45) is 11.7 Å². The summed E-state index contributed by atoms with van der Waals surface area (Å²) in [6.07, 6.45) is 3.88. The number of hydrogen-bond acceptors (Lipinski definition) is 3. The van der Waals surface area contributed by atoms with Crippen LogP contribution in [0.15, 0.2) is 0 Å². The zero-order valence-electron chi connectivity index (χ0n) is 11.6. The third kappa shape index (κ3) is 3.25. The average Bonchev–Trinajstić information content (AvgIpc) is 2.39. The Morgan fingerprint density at radius 2 is 1.84 bits per heavy atom. The lowest BCUT2D eigenvalue weighted by Gasteiger charge is -2.46. The van der Waals surface area contributed by atoms with Gasteiger partial charge in [-0.05, 0) is 31.6 Å². The normalized spacial score (nSPS) is 29.1. The molecule has 0 aromatic heterocycles. The first-order chi connectivity index (χ1) is 8.84. The minimum atomic E-state index is -4.56. The molecule has 1 aliphatic rings. The van der Waals surface area contributed by atoms with E-state index in [1.165, 1.54) is 0 Å².